The van der Waals surface area contributed by atoms with Crippen LogP contribution in [0.2, 0.25) is 0 Å². The Labute approximate surface area is 193 Å². The molecule has 178 valence electrons. The molecule has 0 aliphatic carbocycles. The molecule has 0 bridgehead atoms. The van der Waals surface area contributed by atoms with E-state index in [1.165, 1.54) is 0 Å². The van der Waals surface area contributed by atoms with Crippen molar-refractivity contribution >= 4 is 11.5 Å². The first-order valence-electron chi connectivity index (χ1n) is 10.9. The van der Waals surface area contributed by atoms with Crippen molar-refractivity contribution in [1.82, 2.24) is 5.48 Å². The quantitative estimate of drug-likeness (QED) is 0.625. The number of morpholine rings is 1. The Morgan fingerprint density at radius 3 is 2.27 bits per heavy atom. The smallest absolute Gasteiger partial charge is 0.202 e. The van der Waals surface area contributed by atoms with Crippen LogP contribution in [0.4, 0.5) is 5.69 Å². The van der Waals surface area contributed by atoms with Gasteiger partial charge in [0.25, 0.3) is 0 Å². The summed E-state index contributed by atoms with van der Waals surface area (Å²) in [6.45, 7) is 5.10. The van der Waals surface area contributed by atoms with Crippen molar-refractivity contribution in [2.75, 3.05) is 52.5 Å². The molecule has 1 saturated heterocycles. The van der Waals surface area contributed by atoms with Gasteiger partial charge in [-0.1, -0.05) is 12.1 Å². The lowest BCUT2D eigenvalue weighted by Crippen LogP contribution is -2.37. The molecule has 0 spiro atoms. The van der Waals surface area contributed by atoms with Gasteiger partial charge in [0.2, 0.25) is 6.23 Å². The van der Waals surface area contributed by atoms with E-state index in [2.05, 4.69) is 15.4 Å². The predicted octanol–water partition coefficient (Wildman–Crippen LogP) is 2.53. The Hall–Kier alpha value is -2.85. The maximum Gasteiger partial charge on any atom is 0.202 e. The van der Waals surface area contributed by atoms with Crippen LogP contribution in [0.15, 0.2) is 41.4 Å². The highest BCUT2D eigenvalue weighted by Crippen LogP contribution is 2.35. The molecule has 4 rings (SSSR count). The predicted molar refractivity (Wildman–Crippen MR) is 124 cm³/mol. The Balaban J connectivity index is 1.51. The summed E-state index contributed by atoms with van der Waals surface area (Å²) in [6.07, 6.45) is -2.30. The topological polar surface area (TPSA) is 94.0 Å². The summed E-state index contributed by atoms with van der Waals surface area (Å²) in [5, 5.41) is 11.0. The standard InChI is InChI=1S/C24H31N3O6/c1-15-19(29-2)13-17(14-20(15)30-3)24-25-23(26-33-24)21(28)22(31-4)16-5-7-18(8-6-16)27-9-11-32-12-10-27/h5-8,13-14,21-22,24,28H,9-12H2,1-4H3,(H,25,26). The fourth-order valence-electron chi connectivity index (χ4n) is 4.11. The molecule has 3 unspecified atom stereocenters. The normalized spacial score (nSPS) is 20.1. The number of aliphatic imine (C=N–C) groups is 1. The number of hydrogen-bond donors (Lipinski definition) is 2. The summed E-state index contributed by atoms with van der Waals surface area (Å²) in [6, 6.07) is 11.7. The minimum absolute atomic E-state index is 0.294. The third-order valence-corrected chi connectivity index (χ3v) is 6.01. The number of rotatable bonds is 8. The second-order valence-corrected chi connectivity index (χ2v) is 7.93. The van der Waals surface area contributed by atoms with Gasteiger partial charge < -0.3 is 29.0 Å². The van der Waals surface area contributed by atoms with Crippen molar-refractivity contribution < 1.29 is 28.9 Å². The van der Waals surface area contributed by atoms with Gasteiger partial charge in [0.15, 0.2) is 5.84 Å². The summed E-state index contributed by atoms with van der Waals surface area (Å²) in [7, 11) is 4.77. The fourth-order valence-corrected chi connectivity index (χ4v) is 4.11. The third kappa shape index (κ3) is 4.91. The number of amidine groups is 1. The number of anilines is 1. The number of hydroxylamine groups is 1. The summed E-state index contributed by atoms with van der Waals surface area (Å²) in [5.41, 5.74) is 6.35. The lowest BCUT2D eigenvalue weighted by atomic mass is 10.0. The van der Waals surface area contributed by atoms with Crippen LogP contribution in [-0.2, 0) is 14.3 Å². The minimum atomic E-state index is -1.04. The molecule has 9 nitrogen and oxygen atoms in total. The van der Waals surface area contributed by atoms with Crippen LogP contribution in [0.1, 0.15) is 29.0 Å². The Kier molecular flexibility index (Phi) is 7.34. The zero-order valence-corrected chi connectivity index (χ0v) is 19.4. The van der Waals surface area contributed by atoms with Gasteiger partial charge in [-0.2, -0.15) is 0 Å². The van der Waals surface area contributed by atoms with Crippen molar-refractivity contribution in [3.8, 4) is 11.5 Å². The molecule has 9 heteroatoms. The first kappa shape index (κ1) is 23.3. The third-order valence-electron chi connectivity index (χ3n) is 6.01. The molecule has 0 amide bonds. The number of hydrogen-bond acceptors (Lipinski definition) is 9. The van der Waals surface area contributed by atoms with Gasteiger partial charge in [-0.05, 0) is 36.8 Å². The Morgan fingerprint density at radius 2 is 1.70 bits per heavy atom. The van der Waals surface area contributed by atoms with Gasteiger partial charge in [-0.15, -0.1) is 0 Å². The molecule has 0 radical (unpaired) electrons. The highest BCUT2D eigenvalue weighted by Gasteiger charge is 2.32. The number of aliphatic hydroxyl groups is 1. The average molecular weight is 458 g/mol. The fraction of sp³-hybridized carbons (Fsp3) is 0.458. The number of nitrogens with one attached hydrogen (secondary N) is 1. The molecule has 0 saturated carbocycles. The van der Waals surface area contributed by atoms with Crippen molar-refractivity contribution in [2.24, 2.45) is 4.99 Å². The molecule has 2 aliphatic heterocycles. The molecule has 2 heterocycles. The van der Waals surface area contributed by atoms with Gasteiger partial charge in [0.05, 0.1) is 27.4 Å². The second-order valence-electron chi connectivity index (χ2n) is 7.93. The summed E-state index contributed by atoms with van der Waals surface area (Å²) < 4.78 is 21.9. The number of aliphatic hydroxyl groups excluding tert-OH is 1. The maximum absolute atomic E-state index is 11.0. The molecular weight excluding hydrogens is 426 g/mol. The van der Waals surface area contributed by atoms with Crippen LogP contribution >= 0.6 is 0 Å². The summed E-state index contributed by atoms with van der Waals surface area (Å²) >= 11 is 0. The SMILES string of the molecule is COc1cc(C2N=C(C(O)C(OC)c3ccc(N4CCOCC4)cc3)NO2)cc(OC)c1C. The summed E-state index contributed by atoms with van der Waals surface area (Å²) in [4.78, 5) is 12.5. The van der Waals surface area contributed by atoms with Gasteiger partial charge in [-0.3, -0.25) is 0 Å². The Morgan fingerprint density at radius 1 is 1.06 bits per heavy atom. The highest BCUT2D eigenvalue weighted by atomic mass is 16.7. The van der Waals surface area contributed by atoms with Crippen LogP contribution in [-0.4, -0.2) is 64.7 Å². The number of benzene rings is 2. The van der Waals surface area contributed by atoms with Crippen LogP contribution < -0.4 is 19.9 Å². The van der Waals surface area contributed by atoms with E-state index in [9.17, 15) is 5.11 Å². The molecule has 1 fully saturated rings. The van der Waals surface area contributed by atoms with Gasteiger partial charge in [0, 0.05) is 37.0 Å². The van der Waals surface area contributed by atoms with Gasteiger partial charge in [-0.25, -0.2) is 15.3 Å². The average Bonchev–Trinajstić information content (AvgIpc) is 3.36. The van der Waals surface area contributed by atoms with Crippen molar-refractivity contribution in [3.63, 3.8) is 0 Å². The molecule has 2 aromatic carbocycles. The van der Waals surface area contributed by atoms with Crippen molar-refractivity contribution in [2.45, 2.75) is 25.4 Å². The maximum atomic E-state index is 11.0. The highest BCUT2D eigenvalue weighted by molar-refractivity contribution is 5.87. The molecule has 3 atom stereocenters. The zero-order chi connectivity index (χ0) is 23.4. The van der Waals surface area contributed by atoms with Crippen LogP contribution in [0.3, 0.4) is 0 Å². The number of methoxy groups -OCH3 is 3. The second kappa shape index (κ2) is 10.4. The number of nitrogens with zero attached hydrogens (tertiary/aromatic N) is 2. The molecular formula is C24H31N3O6. The number of ether oxygens (including phenoxy) is 4. The molecule has 33 heavy (non-hydrogen) atoms. The monoisotopic (exact) mass is 457 g/mol. The van der Waals surface area contributed by atoms with Crippen molar-refractivity contribution in [1.29, 1.82) is 0 Å². The van der Waals surface area contributed by atoms with E-state index in [1.807, 2.05) is 43.3 Å². The van der Waals surface area contributed by atoms with E-state index in [0.717, 1.165) is 48.7 Å². The lowest BCUT2D eigenvalue weighted by molar-refractivity contribution is 0.00666. The van der Waals surface area contributed by atoms with Crippen LogP contribution in [0.5, 0.6) is 11.5 Å². The molecule has 2 aliphatic rings. The first-order valence-corrected chi connectivity index (χ1v) is 10.9. The Bertz CT molecular complexity index is 950. The van der Waals surface area contributed by atoms with Crippen molar-refractivity contribution in [3.05, 3.63) is 53.1 Å². The van der Waals surface area contributed by atoms with Gasteiger partial charge in [0.1, 0.15) is 23.7 Å². The molecule has 0 aromatic heterocycles. The van der Waals surface area contributed by atoms with Crippen LogP contribution in [0.25, 0.3) is 0 Å². The zero-order valence-electron chi connectivity index (χ0n) is 19.4. The van der Waals surface area contributed by atoms with Gasteiger partial charge >= 0.3 is 0 Å². The van der Waals surface area contributed by atoms with E-state index in [4.69, 9.17) is 23.8 Å². The molecule has 2 N–H and O–H groups in total. The van der Waals surface area contributed by atoms with E-state index in [-0.39, 0.29) is 0 Å². The van der Waals surface area contributed by atoms with Crippen LogP contribution in [0, 0.1) is 6.92 Å². The largest absolute Gasteiger partial charge is 0.496 e. The first-order chi connectivity index (χ1) is 16.0. The minimum Gasteiger partial charge on any atom is -0.496 e. The lowest BCUT2D eigenvalue weighted by Gasteiger charge is -2.29. The van der Waals surface area contributed by atoms with E-state index in [0.29, 0.717) is 17.3 Å². The van der Waals surface area contributed by atoms with E-state index >= 15 is 0 Å². The summed E-state index contributed by atoms with van der Waals surface area (Å²) in [5.74, 6) is 1.64. The molecule has 2 aromatic rings. The van der Waals surface area contributed by atoms with E-state index in [1.54, 1.807) is 21.3 Å². The van der Waals surface area contributed by atoms with E-state index < -0.39 is 18.4 Å².